The first-order valence-electron chi connectivity index (χ1n) is 9.76. The lowest BCUT2D eigenvalue weighted by atomic mass is 10.0. The molecular formula is C22H22FN5O2. The molecule has 1 amide bonds. The summed E-state index contributed by atoms with van der Waals surface area (Å²) in [7, 11) is 1.57. The van der Waals surface area contributed by atoms with Gasteiger partial charge in [0.25, 0.3) is 5.91 Å². The second-order valence-corrected chi connectivity index (χ2v) is 7.03. The average molecular weight is 407 g/mol. The van der Waals surface area contributed by atoms with Crippen molar-refractivity contribution in [3.8, 4) is 5.88 Å². The molecule has 0 aliphatic carbocycles. The average Bonchev–Trinajstić information content (AvgIpc) is 2.80. The standard InChI is InChI=1S/C22H22FN5O2/c1-30-21-13-20(25-15-26-21)27-10-7-18(8-11-27)28(19-6-2-5-17(23)12-19)22(29)16-4-3-9-24-14-16/h2-6,9,12-15,18H,7-8,10-11H2,1H3. The van der Waals surface area contributed by atoms with Crippen molar-refractivity contribution in [2.24, 2.45) is 0 Å². The predicted molar refractivity (Wildman–Crippen MR) is 111 cm³/mol. The molecule has 8 heteroatoms. The van der Waals surface area contributed by atoms with E-state index in [0.717, 1.165) is 18.7 Å². The van der Waals surface area contributed by atoms with Gasteiger partial charge in [0, 0.05) is 43.3 Å². The maximum Gasteiger partial charge on any atom is 0.260 e. The number of halogens is 1. The molecule has 4 rings (SSSR count). The molecule has 0 bridgehead atoms. The number of amides is 1. The maximum absolute atomic E-state index is 13.9. The van der Waals surface area contributed by atoms with E-state index >= 15 is 0 Å². The van der Waals surface area contributed by atoms with Crippen LogP contribution in [0.3, 0.4) is 0 Å². The Labute approximate surface area is 174 Å². The van der Waals surface area contributed by atoms with Crippen molar-refractivity contribution in [2.75, 3.05) is 30.0 Å². The molecule has 3 heterocycles. The van der Waals surface area contributed by atoms with Crippen molar-refractivity contribution in [1.82, 2.24) is 15.0 Å². The number of aromatic nitrogens is 3. The van der Waals surface area contributed by atoms with Crippen LogP contribution in [0.1, 0.15) is 23.2 Å². The van der Waals surface area contributed by atoms with E-state index in [9.17, 15) is 9.18 Å². The molecular weight excluding hydrogens is 385 g/mol. The van der Waals surface area contributed by atoms with Gasteiger partial charge in [-0.1, -0.05) is 6.07 Å². The Hall–Kier alpha value is -3.55. The molecule has 0 unspecified atom stereocenters. The fourth-order valence-corrected chi connectivity index (χ4v) is 3.72. The molecule has 1 aliphatic rings. The van der Waals surface area contributed by atoms with Crippen molar-refractivity contribution in [3.05, 3.63) is 72.6 Å². The molecule has 2 aromatic heterocycles. The molecule has 0 radical (unpaired) electrons. The maximum atomic E-state index is 13.9. The summed E-state index contributed by atoms with van der Waals surface area (Å²) < 4.78 is 19.1. The van der Waals surface area contributed by atoms with Gasteiger partial charge in [0.1, 0.15) is 18.0 Å². The number of hydrogen-bond acceptors (Lipinski definition) is 6. The van der Waals surface area contributed by atoms with Crippen LogP contribution < -0.4 is 14.5 Å². The monoisotopic (exact) mass is 407 g/mol. The van der Waals surface area contributed by atoms with Crippen molar-refractivity contribution in [1.29, 1.82) is 0 Å². The van der Waals surface area contributed by atoms with E-state index in [1.165, 1.54) is 24.7 Å². The van der Waals surface area contributed by atoms with Gasteiger partial charge in [-0.05, 0) is 43.2 Å². The second-order valence-electron chi connectivity index (χ2n) is 7.03. The van der Waals surface area contributed by atoms with Gasteiger partial charge in [-0.15, -0.1) is 0 Å². The van der Waals surface area contributed by atoms with Crippen LogP contribution in [0.2, 0.25) is 0 Å². The Morgan fingerprint density at radius 1 is 1.17 bits per heavy atom. The molecule has 30 heavy (non-hydrogen) atoms. The molecule has 0 spiro atoms. The van der Waals surface area contributed by atoms with Gasteiger partial charge in [0.05, 0.1) is 12.7 Å². The number of carbonyl (C=O) groups is 1. The lowest BCUT2D eigenvalue weighted by Crippen LogP contribution is -2.48. The molecule has 1 saturated heterocycles. The number of benzene rings is 1. The first-order chi connectivity index (χ1) is 14.7. The van der Waals surface area contributed by atoms with E-state index in [-0.39, 0.29) is 17.8 Å². The zero-order chi connectivity index (χ0) is 20.9. The number of pyridine rings is 1. The van der Waals surface area contributed by atoms with Crippen LogP contribution >= 0.6 is 0 Å². The van der Waals surface area contributed by atoms with Gasteiger partial charge in [0.15, 0.2) is 0 Å². The van der Waals surface area contributed by atoms with E-state index < -0.39 is 0 Å². The van der Waals surface area contributed by atoms with Crippen LogP contribution in [-0.4, -0.2) is 47.1 Å². The van der Waals surface area contributed by atoms with Crippen LogP contribution in [-0.2, 0) is 0 Å². The Morgan fingerprint density at radius 3 is 2.70 bits per heavy atom. The molecule has 3 aromatic rings. The van der Waals surface area contributed by atoms with E-state index in [0.29, 0.717) is 30.2 Å². The second kappa shape index (κ2) is 8.86. The third kappa shape index (κ3) is 4.22. The van der Waals surface area contributed by atoms with E-state index in [1.807, 2.05) is 0 Å². The number of nitrogens with zero attached hydrogens (tertiary/aromatic N) is 5. The summed E-state index contributed by atoms with van der Waals surface area (Å²) in [6.07, 6.45) is 6.07. The lowest BCUT2D eigenvalue weighted by molar-refractivity contribution is 0.0972. The van der Waals surface area contributed by atoms with Crippen molar-refractivity contribution in [3.63, 3.8) is 0 Å². The fraction of sp³-hybridized carbons (Fsp3) is 0.273. The highest BCUT2D eigenvalue weighted by Crippen LogP contribution is 2.28. The highest BCUT2D eigenvalue weighted by Gasteiger charge is 2.30. The summed E-state index contributed by atoms with van der Waals surface area (Å²) in [6, 6.07) is 11.3. The quantitative estimate of drug-likeness (QED) is 0.646. The number of rotatable bonds is 5. The lowest BCUT2D eigenvalue weighted by Gasteiger charge is -2.39. The first-order valence-corrected chi connectivity index (χ1v) is 9.76. The zero-order valence-corrected chi connectivity index (χ0v) is 16.6. The normalized spacial score (nSPS) is 14.4. The zero-order valence-electron chi connectivity index (χ0n) is 16.6. The van der Waals surface area contributed by atoms with Crippen LogP contribution in [0.15, 0.2) is 61.2 Å². The largest absolute Gasteiger partial charge is 0.481 e. The molecule has 1 aromatic carbocycles. The van der Waals surface area contributed by atoms with Gasteiger partial charge in [-0.2, -0.15) is 0 Å². The Bertz CT molecular complexity index is 1010. The van der Waals surface area contributed by atoms with Gasteiger partial charge in [-0.25, -0.2) is 14.4 Å². The highest BCUT2D eigenvalue weighted by molar-refractivity contribution is 6.06. The van der Waals surface area contributed by atoms with Crippen LogP contribution in [0, 0.1) is 5.82 Å². The summed E-state index contributed by atoms with van der Waals surface area (Å²) in [5, 5.41) is 0. The molecule has 0 saturated carbocycles. The number of anilines is 2. The van der Waals surface area contributed by atoms with E-state index in [4.69, 9.17) is 4.74 Å². The van der Waals surface area contributed by atoms with Crippen molar-refractivity contribution < 1.29 is 13.9 Å². The molecule has 154 valence electrons. The summed E-state index contributed by atoms with van der Waals surface area (Å²) in [5.41, 5.74) is 1.02. The minimum Gasteiger partial charge on any atom is -0.481 e. The third-order valence-corrected chi connectivity index (χ3v) is 5.20. The topological polar surface area (TPSA) is 71.5 Å². The Kier molecular flexibility index (Phi) is 5.83. The SMILES string of the molecule is COc1cc(N2CCC(N(C(=O)c3cccnc3)c3cccc(F)c3)CC2)ncn1. The number of hydrogen-bond donors (Lipinski definition) is 0. The highest BCUT2D eigenvalue weighted by atomic mass is 19.1. The van der Waals surface area contributed by atoms with Crippen LogP contribution in [0.4, 0.5) is 15.9 Å². The van der Waals surface area contributed by atoms with E-state index in [1.54, 1.807) is 48.5 Å². The molecule has 1 aliphatic heterocycles. The summed E-state index contributed by atoms with van der Waals surface area (Å²) in [5.74, 6) is 0.740. The van der Waals surface area contributed by atoms with Gasteiger partial charge in [0.2, 0.25) is 5.88 Å². The first kappa shape index (κ1) is 19.8. The minimum atomic E-state index is -0.373. The summed E-state index contributed by atoms with van der Waals surface area (Å²) in [6.45, 7) is 1.41. The Balaban J connectivity index is 1.57. The van der Waals surface area contributed by atoms with Crippen molar-refractivity contribution >= 4 is 17.4 Å². The molecule has 0 atom stereocenters. The Morgan fingerprint density at radius 2 is 2.00 bits per heavy atom. The summed E-state index contributed by atoms with van der Waals surface area (Å²) >= 11 is 0. The predicted octanol–water partition coefficient (Wildman–Crippen LogP) is 3.34. The fourth-order valence-electron chi connectivity index (χ4n) is 3.72. The van der Waals surface area contributed by atoms with Crippen LogP contribution in [0.25, 0.3) is 0 Å². The summed E-state index contributed by atoms with van der Waals surface area (Å²) in [4.78, 5) is 29.6. The van der Waals surface area contributed by atoms with Gasteiger partial charge < -0.3 is 14.5 Å². The van der Waals surface area contributed by atoms with Gasteiger partial charge in [-0.3, -0.25) is 9.78 Å². The number of piperidine rings is 1. The van der Waals surface area contributed by atoms with Gasteiger partial charge >= 0.3 is 0 Å². The van der Waals surface area contributed by atoms with Crippen LogP contribution in [0.5, 0.6) is 5.88 Å². The van der Waals surface area contributed by atoms with E-state index in [2.05, 4.69) is 19.9 Å². The number of ether oxygens (including phenoxy) is 1. The number of carbonyl (C=O) groups excluding carboxylic acids is 1. The smallest absolute Gasteiger partial charge is 0.260 e. The molecule has 1 fully saturated rings. The van der Waals surface area contributed by atoms with Crippen molar-refractivity contribution in [2.45, 2.75) is 18.9 Å². The number of methoxy groups -OCH3 is 1. The third-order valence-electron chi connectivity index (χ3n) is 5.20. The molecule has 0 N–H and O–H groups in total. The molecule has 7 nitrogen and oxygen atoms in total. The minimum absolute atomic E-state index is 0.0699.